The van der Waals surface area contributed by atoms with E-state index in [0.717, 1.165) is 22.6 Å². The van der Waals surface area contributed by atoms with Crippen LogP contribution in [0.2, 0.25) is 0 Å². The molecule has 2 aromatic rings. The van der Waals surface area contributed by atoms with E-state index in [0.29, 0.717) is 17.0 Å². The Labute approximate surface area is 139 Å². The number of aromatic amines is 1. The van der Waals surface area contributed by atoms with Crippen LogP contribution in [-0.4, -0.2) is 38.9 Å². The Morgan fingerprint density at radius 1 is 1.23 bits per heavy atom. The fraction of sp³-hybridized carbons (Fsp3) is 0.471. The lowest BCUT2D eigenvalue weighted by Gasteiger charge is -2.28. The van der Waals surface area contributed by atoms with E-state index in [1.165, 1.54) is 23.5 Å². The average Bonchev–Trinajstić information content (AvgIpc) is 3.11. The monoisotopic (exact) mass is 332 g/mol. The number of nitrogens with one attached hydrogen (secondary N) is 2. The van der Waals surface area contributed by atoms with Crippen molar-refractivity contribution in [3.8, 4) is 0 Å². The maximum Gasteiger partial charge on any atom is 0.267 e. The van der Waals surface area contributed by atoms with E-state index in [-0.39, 0.29) is 5.91 Å². The summed E-state index contributed by atoms with van der Waals surface area (Å²) in [6, 6.07) is 8.51. The highest BCUT2D eigenvalue weighted by atomic mass is 32.2. The van der Waals surface area contributed by atoms with E-state index >= 15 is 0 Å². The highest BCUT2D eigenvalue weighted by Crippen LogP contribution is 2.42. The molecular formula is C17H20N2OS2. The molecule has 2 aliphatic rings. The lowest BCUT2D eigenvalue weighted by atomic mass is 10.2. The molecule has 1 aliphatic heterocycles. The van der Waals surface area contributed by atoms with Gasteiger partial charge < -0.3 is 10.3 Å². The van der Waals surface area contributed by atoms with Crippen LogP contribution in [-0.2, 0) is 0 Å². The summed E-state index contributed by atoms with van der Waals surface area (Å²) in [7, 11) is 0. The Kier molecular flexibility index (Phi) is 3.86. The van der Waals surface area contributed by atoms with Gasteiger partial charge in [0.2, 0.25) is 0 Å². The minimum absolute atomic E-state index is 0.0377. The molecule has 0 radical (unpaired) electrons. The molecule has 2 N–H and O–H groups in total. The van der Waals surface area contributed by atoms with Gasteiger partial charge in [0.15, 0.2) is 0 Å². The van der Waals surface area contributed by atoms with Crippen LogP contribution in [0.5, 0.6) is 0 Å². The molecule has 5 heteroatoms. The van der Waals surface area contributed by atoms with Gasteiger partial charge in [0.1, 0.15) is 5.69 Å². The molecule has 1 amide bonds. The molecule has 3 atom stereocenters. The second-order valence-corrected chi connectivity index (χ2v) is 8.81. The van der Waals surface area contributed by atoms with Crippen molar-refractivity contribution in [2.24, 2.45) is 0 Å². The van der Waals surface area contributed by atoms with Gasteiger partial charge in [-0.25, -0.2) is 0 Å². The Morgan fingerprint density at radius 3 is 3.00 bits per heavy atom. The van der Waals surface area contributed by atoms with Crippen molar-refractivity contribution in [1.29, 1.82) is 0 Å². The average molecular weight is 332 g/mol. The molecule has 1 aromatic carbocycles. The van der Waals surface area contributed by atoms with Crippen molar-refractivity contribution in [3.63, 3.8) is 0 Å². The van der Waals surface area contributed by atoms with Gasteiger partial charge in [0, 0.05) is 39.0 Å². The topological polar surface area (TPSA) is 44.9 Å². The zero-order valence-electron chi connectivity index (χ0n) is 12.6. The van der Waals surface area contributed by atoms with Crippen molar-refractivity contribution >= 4 is 40.3 Å². The van der Waals surface area contributed by atoms with Crippen LogP contribution in [0.25, 0.3) is 10.9 Å². The van der Waals surface area contributed by atoms with Crippen LogP contribution in [0.1, 0.15) is 28.9 Å². The fourth-order valence-corrected chi connectivity index (χ4v) is 6.77. The molecule has 2 fully saturated rings. The second-order valence-electron chi connectivity index (χ2n) is 6.18. The van der Waals surface area contributed by atoms with Crippen LogP contribution < -0.4 is 5.32 Å². The molecule has 116 valence electrons. The number of aromatic nitrogens is 1. The molecule has 0 bridgehead atoms. The molecule has 22 heavy (non-hydrogen) atoms. The number of carbonyl (C=O) groups excluding carboxylic acids is 1. The van der Waals surface area contributed by atoms with Crippen LogP contribution in [0.4, 0.5) is 0 Å². The van der Waals surface area contributed by atoms with Gasteiger partial charge in [0.25, 0.3) is 5.91 Å². The summed E-state index contributed by atoms with van der Waals surface area (Å²) >= 11 is 4.13. The molecule has 3 nitrogen and oxygen atoms in total. The largest absolute Gasteiger partial charge is 0.351 e. The third-order valence-corrected chi connectivity index (χ3v) is 7.90. The van der Waals surface area contributed by atoms with E-state index < -0.39 is 0 Å². The van der Waals surface area contributed by atoms with Crippen LogP contribution in [0, 0.1) is 6.92 Å². The Hall–Kier alpha value is -1.07. The predicted octanol–water partition coefficient (Wildman–Crippen LogP) is 3.59. The number of benzene rings is 1. The quantitative estimate of drug-likeness (QED) is 0.883. The summed E-state index contributed by atoms with van der Waals surface area (Å²) in [5.74, 6) is 2.51. The van der Waals surface area contributed by atoms with Gasteiger partial charge >= 0.3 is 0 Å². The Morgan fingerprint density at radius 2 is 2.09 bits per heavy atom. The molecule has 1 saturated carbocycles. The van der Waals surface area contributed by atoms with E-state index in [1.807, 2.05) is 17.8 Å². The third-order valence-electron chi connectivity index (χ3n) is 4.59. The van der Waals surface area contributed by atoms with Crippen molar-refractivity contribution in [2.45, 2.75) is 36.3 Å². The van der Waals surface area contributed by atoms with Crippen molar-refractivity contribution in [2.75, 3.05) is 11.5 Å². The fourth-order valence-electron chi connectivity index (χ4n) is 3.48. The molecule has 3 unspecified atom stereocenters. The summed E-state index contributed by atoms with van der Waals surface area (Å²) < 4.78 is 0. The minimum atomic E-state index is 0.0377. The summed E-state index contributed by atoms with van der Waals surface area (Å²) in [6.07, 6.45) is 2.35. The van der Waals surface area contributed by atoms with Gasteiger partial charge in [-0.2, -0.15) is 23.5 Å². The highest BCUT2D eigenvalue weighted by Gasteiger charge is 2.39. The maximum absolute atomic E-state index is 12.6. The number of thioether (sulfide) groups is 2. The lowest BCUT2D eigenvalue weighted by Crippen LogP contribution is -2.42. The normalized spacial score (nSPS) is 27.8. The van der Waals surface area contributed by atoms with E-state index in [4.69, 9.17) is 0 Å². The first-order valence-corrected chi connectivity index (χ1v) is 9.94. The number of hydrogen-bond donors (Lipinski definition) is 2. The van der Waals surface area contributed by atoms with Crippen LogP contribution >= 0.6 is 23.5 Å². The first-order chi connectivity index (χ1) is 10.7. The van der Waals surface area contributed by atoms with Gasteiger partial charge in [0.05, 0.1) is 0 Å². The summed E-state index contributed by atoms with van der Waals surface area (Å²) in [5.41, 5.74) is 2.92. The van der Waals surface area contributed by atoms with Gasteiger partial charge in [-0.15, -0.1) is 0 Å². The third kappa shape index (κ3) is 2.65. The lowest BCUT2D eigenvalue weighted by molar-refractivity contribution is 0.0934. The minimum Gasteiger partial charge on any atom is -0.351 e. The smallest absolute Gasteiger partial charge is 0.267 e. The van der Waals surface area contributed by atoms with Gasteiger partial charge in [-0.05, 0) is 37.5 Å². The maximum atomic E-state index is 12.6. The first-order valence-electron chi connectivity index (χ1n) is 7.84. The molecule has 1 saturated heterocycles. The van der Waals surface area contributed by atoms with Crippen molar-refractivity contribution in [3.05, 3.63) is 35.5 Å². The van der Waals surface area contributed by atoms with Crippen molar-refractivity contribution < 1.29 is 4.79 Å². The molecule has 0 spiro atoms. The first kappa shape index (κ1) is 14.5. The Bertz CT molecular complexity index is 712. The van der Waals surface area contributed by atoms with Crippen LogP contribution in [0.3, 0.4) is 0 Å². The number of carbonyl (C=O) groups is 1. The molecular weight excluding hydrogens is 312 g/mol. The number of aryl methyl sites for hydroxylation is 1. The Balaban J connectivity index is 1.51. The number of rotatable bonds is 2. The number of H-pyrrole nitrogens is 1. The summed E-state index contributed by atoms with van der Waals surface area (Å²) in [4.78, 5) is 15.8. The zero-order chi connectivity index (χ0) is 15.1. The SMILES string of the molecule is Cc1ccc2cc(C(=O)NC3CCC4SCCSC34)[nH]c2c1. The predicted molar refractivity (Wildman–Crippen MR) is 96.0 cm³/mol. The standard InChI is InChI=1S/C17H20N2OS2/c1-10-2-3-11-9-14(18-13(11)8-10)17(20)19-12-4-5-15-16(12)22-7-6-21-15/h2-3,8-9,12,15-16,18H,4-7H2,1H3,(H,19,20). The number of hydrogen-bond acceptors (Lipinski definition) is 3. The van der Waals surface area contributed by atoms with Gasteiger partial charge in [-0.3, -0.25) is 4.79 Å². The molecule has 1 aromatic heterocycles. The summed E-state index contributed by atoms with van der Waals surface area (Å²) in [6.45, 7) is 2.07. The molecule has 4 rings (SSSR count). The number of fused-ring (bicyclic) bond motifs is 2. The molecule has 1 aliphatic carbocycles. The van der Waals surface area contributed by atoms with Crippen LogP contribution in [0.15, 0.2) is 24.3 Å². The zero-order valence-corrected chi connectivity index (χ0v) is 14.2. The van der Waals surface area contributed by atoms with E-state index in [1.54, 1.807) is 0 Å². The van der Waals surface area contributed by atoms with Crippen molar-refractivity contribution in [1.82, 2.24) is 10.3 Å². The second kappa shape index (κ2) is 5.85. The van der Waals surface area contributed by atoms with E-state index in [2.05, 4.69) is 47.2 Å². The summed E-state index contributed by atoms with van der Waals surface area (Å²) in [5, 5.41) is 5.69. The highest BCUT2D eigenvalue weighted by molar-refractivity contribution is 8.07. The van der Waals surface area contributed by atoms with Gasteiger partial charge in [-0.1, -0.05) is 12.1 Å². The van der Waals surface area contributed by atoms with E-state index in [9.17, 15) is 4.79 Å². The molecule has 2 heterocycles. The number of amides is 1.